The van der Waals surface area contributed by atoms with E-state index < -0.39 is 11.4 Å². The van der Waals surface area contributed by atoms with Crippen LogP contribution in [-0.2, 0) is 22.4 Å². The van der Waals surface area contributed by atoms with Gasteiger partial charge in [0.15, 0.2) is 5.78 Å². The normalized spacial score (nSPS) is 20.8. The number of rotatable bonds is 2. The van der Waals surface area contributed by atoms with Crippen LogP contribution in [-0.4, -0.2) is 18.9 Å². The maximum Gasteiger partial charge on any atom is 0.319 e. The Morgan fingerprint density at radius 1 is 1.27 bits per heavy atom. The molecule has 2 aromatic carbocycles. The molecule has 1 aliphatic carbocycles. The highest BCUT2D eigenvalue weighted by molar-refractivity contribution is 6.16. The molecule has 2 aromatic rings. The monoisotopic (exact) mass is 296 g/mol. The summed E-state index contributed by atoms with van der Waals surface area (Å²) in [7, 11) is 1.34. The maximum absolute atomic E-state index is 12.9. The number of hydrogen-bond donors (Lipinski definition) is 0. The first-order valence-corrected chi connectivity index (χ1v) is 7.69. The van der Waals surface area contributed by atoms with Crippen molar-refractivity contribution in [2.24, 2.45) is 5.41 Å². The number of benzene rings is 2. The SMILES string of the molecule is CCc1cc2c(c3ccccc13)CC[C@@](C)(C(=O)OC)C2=O. The number of hydrogen-bond acceptors (Lipinski definition) is 3. The van der Waals surface area contributed by atoms with Crippen molar-refractivity contribution in [2.75, 3.05) is 7.11 Å². The summed E-state index contributed by atoms with van der Waals surface area (Å²) in [4.78, 5) is 25.0. The van der Waals surface area contributed by atoms with Gasteiger partial charge in [-0.05, 0) is 54.2 Å². The average Bonchev–Trinajstić information content (AvgIpc) is 2.56. The molecule has 0 fully saturated rings. The first kappa shape index (κ1) is 14.8. The lowest BCUT2D eigenvalue weighted by molar-refractivity contribution is -0.149. The van der Waals surface area contributed by atoms with Crippen molar-refractivity contribution in [2.45, 2.75) is 33.1 Å². The molecule has 0 N–H and O–H groups in total. The van der Waals surface area contributed by atoms with E-state index in [1.807, 2.05) is 18.2 Å². The van der Waals surface area contributed by atoms with Crippen LogP contribution in [0.15, 0.2) is 30.3 Å². The van der Waals surface area contributed by atoms with Gasteiger partial charge in [-0.2, -0.15) is 0 Å². The fourth-order valence-corrected chi connectivity index (χ4v) is 3.48. The molecule has 22 heavy (non-hydrogen) atoms. The van der Waals surface area contributed by atoms with Gasteiger partial charge in [-0.1, -0.05) is 31.2 Å². The Kier molecular flexibility index (Phi) is 3.51. The van der Waals surface area contributed by atoms with E-state index in [2.05, 4.69) is 19.1 Å². The molecule has 3 nitrogen and oxygen atoms in total. The smallest absolute Gasteiger partial charge is 0.319 e. The van der Waals surface area contributed by atoms with E-state index in [1.165, 1.54) is 12.5 Å². The topological polar surface area (TPSA) is 43.4 Å². The van der Waals surface area contributed by atoms with Crippen molar-refractivity contribution in [3.63, 3.8) is 0 Å². The molecule has 0 saturated carbocycles. The lowest BCUT2D eigenvalue weighted by Gasteiger charge is -2.31. The summed E-state index contributed by atoms with van der Waals surface area (Å²) in [5.74, 6) is -0.546. The van der Waals surface area contributed by atoms with Gasteiger partial charge in [0, 0.05) is 5.56 Å². The van der Waals surface area contributed by atoms with E-state index in [0.717, 1.165) is 29.4 Å². The van der Waals surface area contributed by atoms with Crippen LogP contribution < -0.4 is 0 Å². The number of esters is 1. The summed E-state index contributed by atoms with van der Waals surface area (Å²) in [6.45, 7) is 3.78. The number of methoxy groups -OCH3 is 1. The van der Waals surface area contributed by atoms with Crippen molar-refractivity contribution in [3.8, 4) is 0 Å². The highest BCUT2D eigenvalue weighted by atomic mass is 16.5. The number of ether oxygens (including phenoxy) is 1. The van der Waals surface area contributed by atoms with Crippen molar-refractivity contribution < 1.29 is 14.3 Å². The molecule has 0 saturated heterocycles. The van der Waals surface area contributed by atoms with Crippen LogP contribution in [0.25, 0.3) is 10.8 Å². The van der Waals surface area contributed by atoms with Gasteiger partial charge in [0.05, 0.1) is 7.11 Å². The second-order valence-electron chi connectivity index (χ2n) is 6.11. The molecule has 0 radical (unpaired) electrons. The van der Waals surface area contributed by atoms with Gasteiger partial charge < -0.3 is 4.74 Å². The zero-order chi connectivity index (χ0) is 15.9. The maximum atomic E-state index is 12.9. The van der Waals surface area contributed by atoms with Crippen molar-refractivity contribution in [1.82, 2.24) is 0 Å². The predicted octanol–water partition coefficient (Wildman–Crippen LogP) is 3.71. The van der Waals surface area contributed by atoms with Gasteiger partial charge >= 0.3 is 5.97 Å². The van der Waals surface area contributed by atoms with Crippen LogP contribution in [0.2, 0.25) is 0 Å². The lowest BCUT2D eigenvalue weighted by Crippen LogP contribution is -2.41. The summed E-state index contributed by atoms with van der Waals surface area (Å²) < 4.78 is 4.86. The van der Waals surface area contributed by atoms with Crippen LogP contribution in [0.1, 0.15) is 41.8 Å². The van der Waals surface area contributed by atoms with Crippen LogP contribution in [0, 0.1) is 5.41 Å². The summed E-state index contributed by atoms with van der Waals surface area (Å²) >= 11 is 0. The minimum absolute atomic E-state index is 0.110. The Morgan fingerprint density at radius 3 is 2.59 bits per heavy atom. The van der Waals surface area contributed by atoms with Gasteiger partial charge in [0.25, 0.3) is 0 Å². The van der Waals surface area contributed by atoms with E-state index in [9.17, 15) is 9.59 Å². The molecule has 0 amide bonds. The van der Waals surface area contributed by atoms with Crippen LogP contribution in [0.4, 0.5) is 0 Å². The molecule has 3 rings (SSSR count). The molecule has 0 unspecified atom stereocenters. The van der Waals surface area contributed by atoms with E-state index >= 15 is 0 Å². The third kappa shape index (κ3) is 1.96. The Labute approximate surface area is 130 Å². The largest absolute Gasteiger partial charge is 0.468 e. The zero-order valence-electron chi connectivity index (χ0n) is 13.2. The summed E-state index contributed by atoms with van der Waals surface area (Å²) in [5.41, 5.74) is 1.85. The Morgan fingerprint density at radius 2 is 1.95 bits per heavy atom. The highest BCUT2D eigenvalue weighted by Gasteiger charge is 2.46. The molecule has 0 aliphatic heterocycles. The fourth-order valence-electron chi connectivity index (χ4n) is 3.48. The number of carbonyl (C=O) groups excluding carboxylic acids is 2. The third-order valence-corrected chi connectivity index (χ3v) is 4.88. The van der Waals surface area contributed by atoms with Gasteiger partial charge in [0.2, 0.25) is 0 Å². The highest BCUT2D eigenvalue weighted by Crippen LogP contribution is 2.40. The number of ketones is 1. The zero-order valence-corrected chi connectivity index (χ0v) is 13.2. The summed E-state index contributed by atoms with van der Waals surface area (Å²) in [6.07, 6.45) is 2.08. The average molecular weight is 296 g/mol. The standard InChI is InChI=1S/C19H20O3/c1-4-12-11-16-15(14-8-6-5-7-13(12)14)9-10-19(2,17(16)20)18(21)22-3/h5-8,11H,4,9-10H2,1-3H3/t19-/m1/s1. The fraction of sp³-hybridized carbons (Fsp3) is 0.368. The Balaban J connectivity index is 2.25. The van der Waals surface area contributed by atoms with E-state index in [1.54, 1.807) is 6.92 Å². The van der Waals surface area contributed by atoms with Gasteiger partial charge in [-0.3, -0.25) is 9.59 Å². The summed E-state index contributed by atoms with van der Waals surface area (Å²) in [5, 5.41) is 2.34. The lowest BCUT2D eigenvalue weighted by atomic mass is 9.70. The Hall–Kier alpha value is -2.16. The van der Waals surface area contributed by atoms with Crippen LogP contribution >= 0.6 is 0 Å². The van der Waals surface area contributed by atoms with Crippen molar-refractivity contribution in [3.05, 3.63) is 47.0 Å². The quantitative estimate of drug-likeness (QED) is 0.627. The predicted molar refractivity (Wildman–Crippen MR) is 86.1 cm³/mol. The Bertz CT molecular complexity index is 776. The second kappa shape index (κ2) is 5.24. The van der Waals surface area contributed by atoms with Crippen molar-refractivity contribution >= 4 is 22.5 Å². The molecular formula is C19H20O3. The van der Waals surface area contributed by atoms with Crippen molar-refractivity contribution in [1.29, 1.82) is 0 Å². The van der Waals surface area contributed by atoms with E-state index in [-0.39, 0.29) is 5.78 Å². The molecule has 1 atom stereocenters. The van der Waals surface area contributed by atoms with Crippen LogP contribution in [0.5, 0.6) is 0 Å². The van der Waals surface area contributed by atoms with Gasteiger partial charge in [0.1, 0.15) is 5.41 Å². The molecule has 0 spiro atoms. The van der Waals surface area contributed by atoms with E-state index in [4.69, 9.17) is 4.74 Å². The minimum atomic E-state index is -1.06. The first-order chi connectivity index (χ1) is 10.5. The second-order valence-corrected chi connectivity index (χ2v) is 6.11. The number of Topliss-reactive ketones (excluding diaryl/α,β-unsaturated/α-hetero) is 1. The van der Waals surface area contributed by atoms with Gasteiger partial charge in [-0.25, -0.2) is 0 Å². The molecule has 0 heterocycles. The third-order valence-electron chi connectivity index (χ3n) is 4.88. The minimum Gasteiger partial charge on any atom is -0.468 e. The number of fused-ring (bicyclic) bond motifs is 3. The molecule has 1 aliphatic rings. The molecule has 3 heteroatoms. The molecular weight excluding hydrogens is 276 g/mol. The molecule has 0 bridgehead atoms. The van der Waals surface area contributed by atoms with E-state index in [0.29, 0.717) is 12.0 Å². The summed E-state index contributed by atoms with van der Waals surface area (Å²) in [6, 6.07) is 10.2. The number of carbonyl (C=O) groups is 2. The molecule has 0 aromatic heterocycles. The first-order valence-electron chi connectivity index (χ1n) is 7.69. The van der Waals surface area contributed by atoms with Gasteiger partial charge in [-0.15, -0.1) is 0 Å². The van der Waals surface area contributed by atoms with Crippen LogP contribution in [0.3, 0.4) is 0 Å². The molecule has 114 valence electrons. The number of aryl methyl sites for hydroxylation is 2.